The predicted octanol–water partition coefficient (Wildman–Crippen LogP) is 7.84. The molecule has 0 bridgehead atoms. The number of aliphatic hydroxyl groups excluding tert-OH is 1. The number of anilines is 2. The molecule has 374 valence electrons. The average Bonchev–Trinajstić information content (AvgIpc) is 3.98. The molecule has 2 heterocycles. The summed E-state index contributed by atoms with van der Waals surface area (Å²) < 4.78 is 63.8. The summed E-state index contributed by atoms with van der Waals surface area (Å²) in [5, 5.41) is 25.5. The first-order chi connectivity index (χ1) is 33.1. The summed E-state index contributed by atoms with van der Waals surface area (Å²) >= 11 is 5.62. The number of ether oxygens (including phenoxy) is 3. The number of halogens is 3. The molecule has 6 rings (SSSR count). The summed E-state index contributed by atoms with van der Waals surface area (Å²) in [5.74, 6) is -1.93. The molecule has 3 amide bonds. The first kappa shape index (κ1) is 53.2. The van der Waals surface area contributed by atoms with E-state index in [9.17, 15) is 42.7 Å². The summed E-state index contributed by atoms with van der Waals surface area (Å²) in [7, 11) is 0. The van der Waals surface area contributed by atoms with Crippen LogP contribution in [-0.4, -0.2) is 89.4 Å². The van der Waals surface area contributed by atoms with Crippen LogP contribution in [-0.2, 0) is 41.4 Å². The minimum absolute atomic E-state index is 0.00709. The van der Waals surface area contributed by atoms with E-state index in [1.807, 2.05) is 52.0 Å². The van der Waals surface area contributed by atoms with E-state index in [1.54, 1.807) is 49.1 Å². The Morgan fingerprint density at radius 2 is 1.59 bits per heavy atom. The summed E-state index contributed by atoms with van der Waals surface area (Å²) in [6, 6.07) is 18.0. The largest absolute Gasteiger partial charge is 0.494 e. The van der Waals surface area contributed by atoms with Crippen molar-refractivity contribution in [2.45, 2.75) is 104 Å². The summed E-state index contributed by atoms with van der Waals surface area (Å²) in [5.41, 5.74) is -0.697. The lowest BCUT2D eigenvalue weighted by molar-refractivity contribution is -0.138. The molecule has 1 unspecified atom stereocenters. The smallest absolute Gasteiger partial charge is 0.417 e. The molecule has 3 N–H and O–H groups in total. The number of carbonyl (C=O) groups is 4. The third-order valence-electron chi connectivity index (χ3n) is 12.3. The standard InChI is InChI=1S/C51H59F3N6O9S/c1-31-44(69-30-57-31)33-12-10-32(11-13-33)28-56-46(64)40-26-37(61)25-39(40)43(63)45(49(2,3)4)58-42(62)29-67-22-9-21-66-20-7-8-23-68-38-18-16-35(17-19-38)60-48(70)59(47(65)50(60,5)6)36-15-14-34(27-55)41(24-36)51(52,53)54/h10-19,24,30,37,39-40,45,61H,7-9,20-23,25-26,28-29H2,1-6H3,(H,56,64)(H,58,62)/t37-,39?,40+,45+/m0/s1. The van der Waals surface area contributed by atoms with Gasteiger partial charge in [0.1, 0.15) is 17.9 Å². The highest BCUT2D eigenvalue weighted by atomic mass is 32.1. The van der Waals surface area contributed by atoms with Crippen molar-refractivity contribution in [3.05, 3.63) is 95.5 Å². The van der Waals surface area contributed by atoms with Crippen LogP contribution in [0.3, 0.4) is 0 Å². The van der Waals surface area contributed by atoms with Crippen molar-refractivity contribution in [1.29, 1.82) is 5.26 Å². The van der Waals surface area contributed by atoms with Crippen molar-refractivity contribution in [3.63, 3.8) is 0 Å². The number of Topliss-reactive ketones (excluding diaryl/α,β-unsaturated/α-hetero) is 1. The highest BCUT2D eigenvalue weighted by Crippen LogP contribution is 2.41. The molecule has 1 saturated heterocycles. The van der Waals surface area contributed by atoms with Crippen LogP contribution in [0.4, 0.5) is 24.5 Å². The second kappa shape index (κ2) is 22.7. The van der Waals surface area contributed by atoms with E-state index in [-0.39, 0.29) is 55.1 Å². The molecule has 2 fully saturated rings. The van der Waals surface area contributed by atoms with Gasteiger partial charge in [-0.2, -0.15) is 18.4 Å². The maximum absolute atomic E-state index is 14.0. The molecule has 0 spiro atoms. The van der Waals surface area contributed by atoms with Gasteiger partial charge in [-0.3, -0.25) is 24.1 Å². The number of rotatable bonds is 21. The lowest BCUT2D eigenvalue weighted by Crippen LogP contribution is -2.53. The van der Waals surface area contributed by atoms with Crippen molar-refractivity contribution >= 4 is 52.2 Å². The van der Waals surface area contributed by atoms with E-state index in [2.05, 4.69) is 15.6 Å². The number of aryl methyl sites for hydroxylation is 1. The number of nitriles is 1. The number of nitrogens with one attached hydrogen (secondary N) is 2. The summed E-state index contributed by atoms with van der Waals surface area (Å²) in [4.78, 5) is 60.7. The molecule has 3 aromatic carbocycles. The number of alkyl halides is 3. The zero-order valence-electron chi connectivity index (χ0n) is 40.1. The maximum Gasteiger partial charge on any atom is 0.417 e. The van der Waals surface area contributed by atoms with E-state index in [1.165, 1.54) is 12.5 Å². The van der Waals surface area contributed by atoms with Crippen LogP contribution in [0.15, 0.2) is 77.5 Å². The molecule has 1 saturated carbocycles. The van der Waals surface area contributed by atoms with Gasteiger partial charge in [0.25, 0.3) is 5.91 Å². The van der Waals surface area contributed by atoms with Gasteiger partial charge in [0.15, 0.2) is 23.0 Å². The molecule has 1 aliphatic heterocycles. The second-order valence-corrected chi connectivity index (χ2v) is 19.4. The number of ketones is 1. The molecular formula is C51H59F3N6O9S. The Bertz CT molecular complexity index is 2550. The normalized spacial score (nSPS) is 18.4. The monoisotopic (exact) mass is 988 g/mol. The van der Waals surface area contributed by atoms with Gasteiger partial charge < -0.3 is 39.3 Å². The van der Waals surface area contributed by atoms with Gasteiger partial charge in [0.2, 0.25) is 11.8 Å². The van der Waals surface area contributed by atoms with Gasteiger partial charge in [-0.05, 0) is 119 Å². The van der Waals surface area contributed by atoms with Crippen LogP contribution < -0.4 is 25.2 Å². The number of benzene rings is 3. The van der Waals surface area contributed by atoms with Crippen LogP contribution in [0.25, 0.3) is 11.3 Å². The lowest BCUT2D eigenvalue weighted by Gasteiger charge is -2.33. The van der Waals surface area contributed by atoms with Gasteiger partial charge in [0, 0.05) is 43.5 Å². The number of aromatic nitrogens is 1. The third-order valence-corrected chi connectivity index (χ3v) is 12.7. The number of unbranched alkanes of at least 4 members (excludes halogenated alkanes) is 1. The average molecular weight is 989 g/mol. The van der Waals surface area contributed by atoms with Crippen LogP contribution in [0.1, 0.15) is 89.1 Å². The Hall–Kier alpha value is -6.20. The molecule has 1 aliphatic carbocycles. The predicted molar refractivity (Wildman–Crippen MR) is 257 cm³/mol. The Morgan fingerprint density at radius 1 is 0.943 bits per heavy atom. The Kier molecular flexibility index (Phi) is 17.2. The number of thiocarbonyl (C=S) groups is 1. The third kappa shape index (κ3) is 12.8. The minimum Gasteiger partial charge on any atom is -0.494 e. The van der Waals surface area contributed by atoms with Crippen molar-refractivity contribution < 1.29 is 56.1 Å². The second-order valence-electron chi connectivity index (χ2n) is 19.0. The Morgan fingerprint density at radius 3 is 2.23 bits per heavy atom. The Labute approximate surface area is 410 Å². The fraction of sp³-hybridized carbons (Fsp3) is 0.471. The van der Waals surface area contributed by atoms with Gasteiger partial charge in [-0.25, -0.2) is 4.98 Å². The van der Waals surface area contributed by atoms with Gasteiger partial charge in [0.05, 0.1) is 53.2 Å². The molecule has 2 aliphatic rings. The number of hydrogen-bond donors (Lipinski definition) is 3. The fourth-order valence-corrected chi connectivity index (χ4v) is 9.12. The van der Waals surface area contributed by atoms with Crippen LogP contribution in [0.5, 0.6) is 5.75 Å². The van der Waals surface area contributed by atoms with Gasteiger partial charge in [-0.15, -0.1) is 0 Å². The van der Waals surface area contributed by atoms with Crippen molar-refractivity contribution in [2.75, 3.05) is 42.8 Å². The molecule has 19 heteroatoms. The van der Waals surface area contributed by atoms with E-state index >= 15 is 0 Å². The van der Waals surface area contributed by atoms with Crippen LogP contribution in [0, 0.1) is 35.5 Å². The summed E-state index contributed by atoms with van der Waals surface area (Å²) in [6.07, 6.45) is -2.05. The van der Waals surface area contributed by atoms with Crippen molar-refractivity contribution in [3.8, 4) is 23.1 Å². The minimum atomic E-state index is -4.80. The first-order valence-corrected chi connectivity index (χ1v) is 23.5. The number of hydrogen-bond acceptors (Lipinski definition) is 12. The molecule has 70 heavy (non-hydrogen) atoms. The number of amides is 3. The number of carbonyl (C=O) groups excluding carboxylic acids is 4. The Balaban J connectivity index is 0.867. The number of aliphatic hydroxyl groups is 1. The highest BCUT2D eigenvalue weighted by molar-refractivity contribution is 7.81. The molecule has 15 nitrogen and oxygen atoms in total. The van der Waals surface area contributed by atoms with E-state index in [0.717, 1.165) is 33.9 Å². The highest BCUT2D eigenvalue weighted by Gasteiger charge is 2.51. The quantitative estimate of drug-likeness (QED) is 0.0540. The van der Waals surface area contributed by atoms with E-state index in [4.69, 9.17) is 30.8 Å². The molecule has 1 aromatic heterocycles. The van der Waals surface area contributed by atoms with E-state index in [0.29, 0.717) is 56.3 Å². The zero-order valence-corrected chi connectivity index (χ0v) is 40.9. The SMILES string of the molecule is Cc1ncoc1-c1ccc(CNC(=O)[C@@H]2C[C@@H](O)CC2C(=O)[C@@H](NC(=O)COCCCOCCCCOc2ccc(N3C(=S)N(c4ccc(C#N)c(C(F)(F)F)c4)C(=O)C3(C)C)cc2)C(C)(C)C)cc1. The van der Waals surface area contributed by atoms with Crippen molar-refractivity contribution in [2.24, 2.45) is 17.3 Å². The molecule has 4 atom stereocenters. The van der Waals surface area contributed by atoms with E-state index < -0.39 is 64.1 Å². The van der Waals surface area contributed by atoms with Gasteiger partial charge in [-0.1, -0.05) is 45.0 Å². The molecular weight excluding hydrogens is 930 g/mol. The number of oxazole rings is 1. The van der Waals surface area contributed by atoms with Gasteiger partial charge >= 0.3 is 6.18 Å². The lowest BCUT2D eigenvalue weighted by atomic mass is 9.77. The topological polar surface area (TPSA) is 197 Å². The fourth-order valence-electron chi connectivity index (χ4n) is 8.60. The van der Waals surface area contributed by atoms with Crippen LogP contribution >= 0.6 is 12.2 Å². The number of nitrogens with zero attached hydrogens (tertiary/aromatic N) is 4. The molecule has 0 radical (unpaired) electrons. The summed E-state index contributed by atoms with van der Waals surface area (Å²) in [6.45, 7) is 12.1. The zero-order chi connectivity index (χ0) is 51.0. The first-order valence-electron chi connectivity index (χ1n) is 23.1. The van der Waals surface area contributed by atoms with Crippen molar-refractivity contribution in [1.82, 2.24) is 15.6 Å². The van der Waals surface area contributed by atoms with Crippen LogP contribution in [0.2, 0.25) is 0 Å². The molecule has 4 aromatic rings. The maximum atomic E-state index is 14.0.